The molecule has 2 heterocycles. The molecule has 0 N–H and O–H groups in total. The third-order valence-electron chi connectivity index (χ3n) is 2.75. The van der Waals surface area contributed by atoms with E-state index in [2.05, 4.69) is 10.2 Å². The molecule has 0 aliphatic rings. The molecule has 0 aliphatic heterocycles. The number of hydrogen-bond acceptors (Lipinski definition) is 4. The number of aromatic nitrogens is 3. The molecule has 5 nitrogen and oxygen atoms in total. The van der Waals surface area contributed by atoms with E-state index < -0.39 is 5.97 Å². The van der Waals surface area contributed by atoms with E-state index in [0.717, 1.165) is 0 Å². The molecule has 0 saturated heterocycles. The highest BCUT2D eigenvalue weighted by Crippen LogP contribution is 2.21. The first-order valence-corrected chi connectivity index (χ1v) is 5.21. The third-order valence-corrected chi connectivity index (χ3v) is 2.75. The maximum Gasteiger partial charge on any atom is 0.341 e. The lowest BCUT2D eigenvalue weighted by Gasteiger charge is -2.05. The van der Waals surface area contributed by atoms with Gasteiger partial charge in [-0.2, -0.15) is 0 Å². The summed E-state index contributed by atoms with van der Waals surface area (Å²) >= 11 is 0. The maximum absolute atomic E-state index is 13.3. The first kappa shape index (κ1) is 10.6. The molecule has 18 heavy (non-hydrogen) atoms. The second kappa shape index (κ2) is 3.76. The van der Waals surface area contributed by atoms with Gasteiger partial charge in [0.15, 0.2) is 5.65 Å². The van der Waals surface area contributed by atoms with Crippen molar-refractivity contribution in [3.63, 3.8) is 0 Å². The summed E-state index contributed by atoms with van der Waals surface area (Å²) in [7, 11) is 1.30. The lowest BCUT2D eigenvalue weighted by Crippen LogP contribution is -2.05. The number of carbonyl (C=O) groups is 1. The van der Waals surface area contributed by atoms with Crippen LogP contribution in [0.1, 0.15) is 10.4 Å². The standard InChI is InChI=1S/C12H8FN3O2/c1-18-12(17)9-4-7-2-3-8(13)5-10(7)16-6-14-15-11(9)16/h2-6H,1H3. The first-order chi connectivity index (χ1) is 8.70. The normalized spacial score (nSPS) is 11.0. The molecule has 90 valence electrons. The quantitative estimate of drug-likeness (QED) is 0.613. The number of ether oxygens (including phenoxy) is 1. The van der Waals surface area contributed by atoms with Crippen LogP contribution in [0.2, 0.25) is 0 Å². The number of carbonyl (C=O) groups excluding carboxylic acids is 1. The lowest BCUT2D eigenvalue weighted by atomic mass is 10.1. The van der Waals surface area contributed by atoms with E-state index in [1.165, 1.54) is 25.6 Å². The van der Waals surface area contributed by atoms with Crippen molar-refractivity contribution < 1.29 is 13.9 Å². The van der Waals surface area contributed by atoms with Gasteiger partial charge in [0.2, 0.25) is 0 Å². The van der Waals surface area contributed by atoms with Gasteiger partial charge in [0.1, 0.15) is 17.7 Å². The van der Waals surface area contributed by atoms with E-state index >= 15 is 0 Å². The molecule has 6 heteroatoms. The van der Waals surface area contributed by atoms with Crippen LogP contribution in [0.4, 0.5) is 4.39 Å². The van der Waals surface area contributed by atoms with Crippen LogP contribution < -0.4 is 0 Å². The molecule has 0 aliphatic carbocycles. The van der Waals surface area contributed by atoms with Gasteiger partial charge in [0, 0.05) is 0 Å². The number of fused-ring (bicyclic) bond motifs is 3. The van der Waals surface area contributed by atoms with E-state index in [1.807, 2.05) is 0 Å². The number of hydrogen-bond donors (Lipinski definition) is 0. The Morgan fingerprint density at radius 2 is 2.22 bits per heavy atom. The molecular weight excluding hydrogens is 237 g/mol. The van der Waals surface area contributed by atoms with E-state index in [0.29, 0.717) is 22.1 Å². The van der Waals surface area contributed by atoms with Crippen molar-refractivity contribution in [1.29, 1.82) is 0 Å². The number of halogens is 1. The largest absolute Gasteiger partial charge is 0.465 e. The van der Waals surface area contributed by atoms with Crippen molar-refractivity contribution in [3.8, 4) is 0 Å². The summed E-state index contributed by atoms with van der Waals surface area (Å²) in [6.45, 7) is 0. The Kier molecular flexibility index (Phi) is 2.22. The Morgan fingerprint density at radius 1 is 1.39 bits per heavy atom. The molecular formula is C12H8FN3O2. The van der Waals surface area contributed by atoms with Crippen LogP contribution >= 0.6 is 0 Å². The van der Waals surface area contributed by atoms with Gasteiger partial charge in [-0.3, -0.25) is 4.40 Å². The predicted molar refractivity (Wildman–Crippen MR) is 61.8 cm³/mol. The third kappa shape index (κ3) is 1.42. The van der Waals surface area contributed by atoms with Crippen LogP contribution in [-0.4, -0.2) is 27.7 Å². The van der Waals surface area contributed by atoms with Gasteiger partial charge in [-0.15, -0.1) is 10.2 Å². The minimum absolute atomic E-state index is 0.300. The Morgan fingerprint density at radius 3 is 3.00 bits per heavy atom. The Bertz CT molecular complexity index is 766. The van der Waals surface area contributed by atoms with Crippen LogP contribution in [-0.2, 0) is 4.74 Å². The van der Waals surface area contributed by atoms with E-state index in [1.54, 1.807) is 16.5 Å². The van der Waals surface area contributed by atoms with Gasteiger partial charge in [0.05, 0.1) is 12.6 Å². The average Bonchev–Trinajstić information content (AvgIpc) is 2.86. The molecule has 0 spiro atoms. The van der Waals surface area contributed by atoms with Crippen LogP contribution in [0.5, 0.6) is 0 Å². The molecule has 0 amide bonds. The molecule has 3 aromatic rings. The summed E-state index contributed by atoms with van der Waals surface area (Å²) in [5, 5.41) is 8.31. The topological polar surface area (TPSA) is 56.5 Å². The summed E-state index contributed by atoms with van der Waals surface area (Å²) < 4.78 is 19.5. The highest BCUT2D eigenvalue weighted by atomic mass is 19.1. The Labute approximate surface area is 101 Å². The molecule has 2 aromatic heterocycles. The summed E-state index contributed by atoms with van der Waals surface area (Å²) in [5.41, 5.74) is 1.25. The van der Waals surface area contributed by atoms with Crippen molar-refractivity contribution in [3.05, 3.63) is 42.0 Å². The Balaban J connectivity index is 2.47. The van der Waals surface area contributed by atoms with Gasteiger partial charge >= 0.3 is 5.97 Å². The molecule has 0 fully saturated rings. The lowest BCUT2D eigenvalue weighted by molar-refractivity contribution is 0.0602. The molecule has 1 aromatic carbocycles. The minimum atomic E-state index is -0.501. The first-order valence-electron chi connectivity index (χ1n) is 5.21. The number of rotatable bonds is 1. The van der Waals surface area contributed by atoms with Gasteiger partial charge < -0.3 is 4.74 Å². The van der Waals surface area contributed by atoms with Crippen molar-refractivity contribution in [2.45, 2.75) is 0 Å². The number of esters is 1. The maximum atomic E-state index is 13.3. The average molecular weight is 245 g/mol. The fraction of sp³-hybridized carbons (Fsp3) is 0.0833. The van der Waals surface area contributed by atoms with Gasteiger partial charge in [-0.25, -0.2) is 9.18 Å². The van der Waals surface area contributed by atoms with Crippen LogP contribution in [0, 0.1) is 5.82 Å². The van der Waals surface area contributed by atoms with Crippen molar-refractivity contribution >= 4 is 22.5 Å². The Hall–Kier alpha value is -2.50. The second-order valence-corrected chi connectivity index (χ2v) is 3.78. The number of nitrogens with zero attached hydrogens (tertiary/aromatic N) is 3. The fourth-order valence-corrected chi connectivity index (χ4v) is 1.92. The van der Waals surface area contributed by atoms with E-state index in [4.69, 9.17) is 4.74 Å². The van der Waals surface area contributed by atoms with Crippen LogP contribution in [0.15, 0.2) is 30.6 Å². The summed E-state index contributed by atoms with van der Waals surface area (Å²) in [6.07, 6.45) is 1.43. The van der Waals surface area contributed by atoms with Gasteiger partial charge in [-0.1, -0.05) is 0 Å². The molecule has 0 radical (unpaired) electrons. The molecule has 3 rings (SSSR count). The minimum Gasteiger partial charge on any atom is -0.465 e. The zero-order chi connectivity index (χ0) is 12.7. The summed E-state index contributed by atoms with van der Waals surface area (Å²) in [4.78, 5) is 11.7. The van der Waals surface area contributed by atoms with Gasteiger partial charge in [0.25, 0.3) is 0 Å². The molecule has 0 bridgehead atoms. The van der Waals surface area contributed by atoms with Gasteiger partial charge in [-0.05, 0) is 29.7 Å². The second-order valence-electron chi connectivity index (χ2n) is 3.78. The molecule has 0 saturated carbocycles. The van der Waals surface area contributed by atoms with Crippen LogP contribution in [0.3, 0.4) is 0 Å². The smallest absolute Gasteiger partial charge is 0.341 e. The highest BCUT2D eigenvalue weighted by molar-refractivity contribution is 6.00. The number of pyridine rings is 1. The van der Waals surface area contributed by atoms with Crippen LogP contribution in [0.25, 0.3) is 16.6 Å². The zero-order valence-electron chi connectivity index (χ0n) is 9.42. The van der Waals surface area contributed by atoms with Crippen molar-refractivity contribution in [1.82, 2.24) is 14.6 Å². The monoisotopic (exact) mass is 245 g/mol. The van der Waals surface area contributed by atoms with E-state index in [-0.39, 0.29) is 5.82 Å². The van der Waals surface area contributed by atoms with Crippen molar-refractivity contribution in [2.24, 2.45) is 0 Å². The van der Waals surface area contributed by atoms with E-state index in [9.17, 15) is 9.18 Å². The van der Waals surface area contributed by atoms with Crippen molar-refractivity contribution in [2.75, 3.05) is 7.11 Å². The molecule has 0 unspecified atom stereocenters. The summed E-state index contributed by atoms with van der Waals surface area (Å²) in [5.74, 6) is -0.859. The summed E-state index contributed by atoms with van der Waals surface area (Å²) in [6, 6.07) is 5.91. The predicted octanol–water partition coefficient (Wildman–Crippen LogP) is 1.81. The molecule has 0 atom stereocenters. The zero-order valence-corrected chi connectivity index (χ0v) is 9.42. The number of methoxy groups -OCH3 is 1. The number of benzene rings is 1. The SMILES string of the molecule is COC(=O)c1cc2ccc(F)cc2n2cnnc12. The fourth-order valence-electron chi connectivity index (χ4n) is 1.92. The highest BCUT2D eigenvalue weighted by Gasteiger charge is 2.15.